The number of halogens is 3. The van der Waals surface area contributed by atoms with Crippen LogP contribution in [0.5, 0.6) is 0 Å². The van der Waals surface area contributed by atoms with E-state index in [1.54, 1.807) is 6.92 Å². The summed E-state index contributed by atoms with van der Waals surface area (Å²) in [5, 5.41) is 0. The van der Waals surface area contributed by atoms with Crippen molar-refractivity contribution in [3.05, 3.63) is 23.5 Å². The van der Waals surface area contributed by atoms with Crippen LogP contribution in [0.25, 0.3) is 0 Å². The van der Waals surface area contributed by atoms with E-state index < -0.39 is 23.4 Å². The van der Waals surface area contributed by atoms with Gasteiger partial charge in [0.2, 0.25) is 0 Å². The minimum Gasteiger partial charge on any atom is -0.462 e. The highest BCUT2D eigenvalue weighted by molar-refractivity contribution is 5.91. The van der Waals surface area contributed by atoms with Gasteiger partial charge in [-0.3, -0.25) is 0 Å². The van der Waals surface area contributed by atoms with E-state index in [0.29, 0.717) is 0 Å². The molecule has 1 heterocycles. The highest BCUT2D eigenvalue weighted by atomic mass is 19.4. The van der Waals surface area contributed by atoms with Gasteiger partial charge >= 0.3 is 12.1 Å². The van der Waals surface area contributed by atoms with Crippen LogP contribution in [-0.4, -0.2) is 17.1 Å². The summed E-state index contributed by atoms with van der Waals surface area (Å²) in [5.74, 6) is -0.917. The zero-order valence-electron chi connectivity index (χ0n) is 9.25. The Hall–Kier alpha value is -1.46. The minimum atomic E-state index is -4.53. The molecule has 1 aliphatic carbocycles. The lowest BCUT2D eigenvalue weighted by molar-refractivity contribution is -0.144. The Bertz CT molecular complexity index is 432. The predicted molar refractivity (Wildman–Crippen MR) is 53.7 cm³/mol. The van der Waals surface area contributed by atoms with Crippen LogP contribution < -0.4 is 0 Å². The number of carbonyl (C=O) groups excluding carboxylic acids is 1. The van der Waals surface area contributed by atoms with Gasteiger partial charge in [0, 0.05) is 12.2 Å². The standard InChI is InChI=1S/C11H12F3NO2/c1-2-17-10(16)8-5-6-15(7-3-4-7)9(8)11(12,13)14/h5-7H,2-4H2,1H3. The molecule has 2 rings (SSSR count). The summed E-state index contributed by atoms with van der Waals surface area (Å²) in [6, 6.07) is 1.05. The van der Waals surface area contributed by atoms with Crippen molar-refractivity contribution < 1.29 is 22.7 Å². The number of esters is 1. The average molecular weight is 247 g/mol. The Morgan fingerprint density at radius 1 is 1.53 bits per heavy atom. The van der Waals surface area contributed by atoms with Crippen LogP contribution >= 0.6 is 0 Å². The average Bonchev–Trinajstić information content (AvgIpc) is 2.95. The summed E-state index contributed by atoms with van der Waals surface area (Å²) in [4.78, 5) is 11.4. The second kappa shape index (κ2) is 4.09. The van der Waals surface area contributed by atoms with E-state index in [0.717, 1.165) is 17.4 Å². The molecule has 0 spiro atoms. The molecule has 0 amide bonds. The van der Waals surface area contributed by atoms with E-state index in [1.807, 2.05) is 0 Å². The van der Waals surface area contributed by atoms with E-state index in [4.69, 9.17) is 0 Å². The molecule has 0 atom stereocenters. The second-order valence-corrected chi connectivity index (χ2v) is 3.93. The quantitative estimate of drug-likeness (QED) is 0.769. The van der Waals surface area contributed by atoms with Gasteiger partial charge in [-0.1, -0.05) is 0 Å². The molecular weight excluding hydrogens is 235 g/mol. The lowest BCUT2D eigenvalue weighted by Crippen LogP contribution is -2.18. The van der Waals surface area contributed by atoms with Crippen LogP contribution in [0.1, 0.15) is 41.9 Å². The van der Waals surface area contributed by atoms with Gasteiger partial charge in [-0.2, -0.15) is 13.2 Å². The van der Waals surface area contributed by atoms with Crippen LogP contribution in [0.15, 0.2) is 12.3 Å². The molecule has 1 aromatic heterocycles. The van der Waals surface area contributed by atoms with Crippen molar-refractivity contribution >= 4 is 5.97 Å². The third-order valence-corrected chi connectivity index (χ3v) is 2.62. The Labute approximate surface area is 96.2 Å². The minimum absolute atomic E-state index is 0.0603. The third kappa shape index (κ3) is 2.30. The van der Waals surface area contributed by atoms with Gasteiger partial charge in [0.05, 0.1) is 12.2 Å². The monoisotopic (exact) mass is 247 g/mol. The van der Waals surface area contributed by atoms with Crippen molar-refractivity contribution in [3.8, 4) is 0 Å². The molecule has 94 valence electrons. The van der Waals surface area contributed by atoms with Crippen molar-refractivity contribution in [2.75, 3.05) is 6.61 Å². The molecule has 1 fully saturated rings. The molecule has 3 nitrogen and oxygen atoms in total. The summed E-state index contributed by atoms with van der Waals surface area (Å²) in [5.41, 5.74) is -1.29. The van der Waals surface area contributed by atoms with E-state index >= 15 is 0 Å². The first-order valence-electron chi connectivity index (χ1n) is 5.40. The molecule has 0 aromatic carbocycles. The van der Waals surface area contributed by atoms with Crippen molar-refractivity contribution in [1.29, 1.82) is 0 Å². The number of rotatable bonds is 3. The maximum Gasteiger partial charge on any atom is 0.432 e. The van der Waals surface area contributed by atoms with Crippen LogP contribution in [0.4, 0.5) is 13.2 Å². The fourth-order valence-corrected chi connectivity index (χ4v) is 1.78. The van der Waals surface area contributed by atoms with Gasteiger partial charge in [0.25, 0.3) is 0 Å². The van der Waals surface area contributed by atoms with Gasteiger partial charge in [-0.05, 0) is 25.8 Å². The van der Waals surface area contributed by atoms with E-state index in [2.05, 4.69) is 4.74 Å². The van der Waals surface area contributed by atoms with Gasteiger partial charge in [-0.15, -0.1) is 0 Å². The topological polar surface area (TPSA) is 31.2 Å². The molecule has 0 saturated heterocycles. The first-order valence-corrected chi connectivity index (χ1v) is 5.40. The van der Waals surface area contributed by atoms with Gasteiger partial charge < -0.3 is 9.30 Å². The molecule has 1 aliphatic rings. The SMILES string of the molecule is CCOC(=O)c1ccn(C2CC2)c1C(F)(F)F. The molecular formula is C11H12F3NO2. The lowest BCUT2D eigenvalue weighted by atomic mass is 10.2. The lowest BCUT2D eigenvalue weighted by Gasteiger charge is -2.13. The smallest absolute Gasteiger partial charge is 0.432 e. The van der Waals surface area contributed by atoms with E-state index in [-0.39, 0.29) is 12.6 Å². The molecule has 0 aliphatic heterocycles. The van der Waals surface area contributed by atoms with E-state index in [1.165, 1.54) is 12.3 Å². The van der Waals surface area contributed by atoms with Crippen molar-refractivity contribution in [2.45, 2.75) is 32.0 Å². The Morgan fingerprint density at radius 2 is 2.18 bits per heavy atom. The molecule has 0 N–H and O–H groups in total. The number of hydrogen-bond donors (Lipinski definition) is 0. The number of ether oxygens (including phenoxy) is 1. The molecule has 0 radical (unpaired) electrons. The number of aromatic nitrogens is 1. The number of hydrogen-bond acceptors (Lipinski definition) is 2. The summed E-state index contributed by atoms with van der Waals surface area (Å²) < 4.78 is 44.5. The largest absolute Gasteiger partial charge is 0.462 e. The Morgan fingerprint density at radius 3 is 2.65 bits per heavy atom. The number of alkyl halides is 3. The summed E-state index contributed by atoms with van der Waals surface area (Å²) in [6.45, 7) is 1.62. The van der Waals surface area contributed by atoms with Crippen molar-refractivity contribution in [2.24, 2.45) is 0 Å². The van der Waals surface area contributed by atoms with Crippen molar-refractivity contribution in [3.63, 3.8) is 0 Å². The molecule has 17 heavy (non-hydrogen) atoms. The van der Waals surface area contributed by atoms with Gasteiger partial charge in [-0.25, -0.2) is 4.79 Å². The van der Waals surface area contributed by atoms with Crippen LogP contribution in [0, 0.1) is 0 Å². The highest BCUT2D eigenvalue weighted by Gasteiger charge is 2.42. The van der Waals surface area contributed by atoms with E-state index in [9.17, 15) is 18.0 Å². The molecule has 1 saturated carbocycles. The van der Waals surface area contributed by atoms with Crippen molar-refractivity contribution in [1.82, 2.24) is 4.57 Å². The Balaban J connectivity index is 2.42. The summed E-state index contributed by atoms with van der Waals surface area (Å²) in [6.07, 6.45) is -1.78. The highest BCUT2D eigenvalue weighted by Crippen LogP contribution is 2.42. The van der Waals surface area contributed by atoms with Gasteiger partial charge in [0.1, 0.15) is 5.69 Å². The van der Waals surface area contributed by atoms with Gasteiger partial charge in [0.15, 0.2) is 0 Å². The fourth-order valence-electron chi connectivity index (χ4n) is 1.78. The maximum absolute atomic E-state index is 12.9. The molecule has 0 unspecified atom stereocenters. The zero-order valence-corrected chi connectivity index (χ0v) is 9.25. The van der Waals surface area contributed by atoms with Crippen LogP contribution in [0.2, 0.25) is 0 Å². The second-order valence-electron chi connectivity index (χ2n) is 3.93. The maximum atomic E-state index is 12.9. The number of carbonyl (C=O) groups is 1. The normalized spacial score (nSPS) is 16.0. The summed E-state index contributed by atoms with van der Waals surface area (Å²) >= 11 is 0. The van der Waals surface area contributed by atoms with Crippen LogP contribution in [0.3, 0.4) is 0 Å². The molecule has 6 heteroatoms. The third-order valence-electron chi connectivity index (χ3n) is 2.62. The first-order chi connectivity index (χ1) is 7.95. The first kappa shape index (κ1) is 12.0. The summed E-state index contributed by atoms with van der Waals surface area (Å²) in [7, 11) is 0. The Kier molecular flexibility index (Phi) is 2.89. The fraction of sp³-hybridized carbons (Fsp3) is 0.545. The number of nitrogens with zero attached hydrogens (tertiary/aromatic N) is 1. The zero-order chi connectivity index (χ0) is 12.6. The molecule has 1 aromatic rings. The molecule has 0 bridgehead atoms. The van der Waals surface area contributed by atoms with Crippen LogP contribution in [-0.2, 0) is 10.9 Å². The predicted octanol–water partition coefficient (Wildman–Crippen LogP) is 3.02.